The van der Waals surface area contributed by atoms with Gasteiger partial charge in [0.25, 0.3) is 0 Å². The van der Waals surface area contributed by atoms with Gasteiger partial charge < -0.3 is 4.74 Å². The van der Waals surface area contributed by atoms with Crippen molar-refractivity contribution in [2.75, 3.05) is 5.32 Å². The molecule has 13 heteroatoms. The summed E-state index contributed by atoms with van der Waals surface area (Å²) in [4.78, 5) is 16.3. The van der Waals surface area contributed by atoms with Crippen molar-refractivity contribution in [3.63, 3.8) is 0 Å². The summed E-state index contributed by atoms with van der Waals surface area (Å²) in [6.45, 7) is 1.98. The third kappa shape index (κ3) is 6.09. The summed E-state index contributed by atoms with van der Waals surface area (Å²) in [5.41, 5.74) is 3.61. The molecule has 5 rings (SSSR count). The van der Waals surface area contributed by atoms with Crippen molar-refractivity contribution in [2.24, 2.45) is 4.40 Å². The van der Waals surface area contributed by atoms with E-state index in [0.717, 1.165) is 40.5 Å². The largest absolute Gasteiger partial charge is 0.573 e. The molecule has 0 saturated heterocycles. The van der Waals surface area contributed by atoms with Crippen molar-refractivity contribution in [2.45, 2.75) is 19.7 Å². The molecular formula is C26H20F3N7O2S. The van der Waals surface area contributed by atoms with Crippen LogP contribution in [0, 0.1) is 0 Å². The Labute approximate surface area is 224 Å². The van der Waals surface area contributed by atoms with E-state index in [0.29, 0.717) is 22.5 Å². The minimum absolute atomic E-state index is 0.317. The van der Waals surface area contributed by atoms with Crippen LogP contribution in [0.25, 0.3) is 27.5 Å². The summed E-state index contributed by atoms with van der Waals surface area (Å²) in [7, 11) is 0. The Morgan fingerprint density at radius 1 is 1.13 bits per heavy atom. The molecule has 198 valence electrons. The van der Waals surface area contributed by atoms with Crippen LogP contribution >= 0.6 is 12.1 Å². The van der Waals surface area contributed by atoms with Gasteiger partial charge in [0.05, 0.1) is 23.3 Å². The van der Waals surface area contributed by atoms with E-state index in [4.69, 9.17) is 0 Å². The topological polar surface area (TPSA) is 106 Å². The van der Waals surface area contributed by atoms with E-state index in [1.807, 2.05) is 49.4 Å². The van der Waals surface area contributed by atoms with Gasteiger partial charge in [0.15, 0.2) is 0 Å². The number of nitrogens with one attached hydrogen (secondary N) is 2. The average Bonchev–Trinajstić information content (AvgIpc) is 3.35. The lowest BCUT2D eigenvalue weighted by molar-refractivity contribution is -0.274. The quantitative estimate of drug-likeness (QED) is 0.183. The summed E-state index contributed by atoms with van der Waals surface area (Å²) in [6, 6.07) is 18.1. The van der Waals surface area contributed by atoms with Crippen molar-refractivity contribution >= 4 is 52.0 Å². The molecule has 0 aliphatic carbocycles. The minimum Gasteiger partial charge on any atom is -0.406 e. The summed E-state index contributed by atoms with van der Waals surface area (Å²) < 4.78 is 49.6. The predicted octanol–water partition coefficient (Wildman–Crippen LogP) is 6.23. The number of amides is 2. The van der Waals surface area contributed by atoms with E-state index in [9.17, 15) is 18.0 Å². The van der Waals surface area contributed by atoms with Gasteiger partial charge in [-0.3, -0.25) is 10.0 Å². The van der Waals surface area contributed by atoms with Crippen molar-refractivity contribution in [3.8, 4) is 11.4 Å². The number of pyridine rings is 1. The molecule has 39 heavy (non-hydrogen) atoms. The number of anilines is 1. The maximum Gasteiger partial charge on any atom is 0.573 e. The molecule has 2 heterocycles. The number of benzene rings is 3. The molecular weight excluding hydrogens is 531 g/mol. The molecule has 5 aromatic rings. The zero-order chi connectivity index (χ0) is 27.4. The zero-order valence-corrected chi connectivity index (χ0v) is 21.1. The first-order chi connectivity index (χ1) is 18.8. The molecule has 0 spiro atoms. The Morgan fingerprint density at radius 3 is 2.72 bits per heavy atom. The number of ether oxygens (including phenoxy) is 1. The van der Waals surface area contributed by atoms with Crippen LogP contribution in [0.4, 0.5) is 23.8 Å². The molecule has 0 bridgehead atoms. The van der Waals surface area contributed by atoms with Crippen molar-refractivity contribution in [1.82, 2.24) is 24.7 Å². The molecule has 0 fully saturated rings. The highest BCUT2D eigenvalue weighted by atomic mass is 32.2. The van der Waals surface area contributed by atoms with Crippen LogP contribution < -0.4 is 14.8 Å². The Hall–Kier alpha value is -4.65. The number of carbonyl (C=O) groups excluding carboxylic acids is 1. The van der Waals surface area contributed by atoms with Crippen LogP contribution in [0.3, 0.4) is 0 Å². The summed E-state index contributed by atoms with van der Waals surface area (Å²) in [6.07, 6.45) is -0.781. The van der Waals surface area contributed by atoms with Gasteiger partial charge in [-0.25, -0.2) is 18.9 Å². The minimum atomic E-state index is -4.76. The number of alkyl halides is 3. The van der Waals surface area contributed by atoms with E-state index in [1.54, 1.807) is 17.1 Å². The third-order valence-electron chi connectivity index (χ3n) is 5.67. The highest BCUT2D eigenvalue weighted by Crippen LogP contribution is 2.28. The molecule has 2 amide bonds. The first-order valence-electron chi connectivity index (χ1n) is 11.7. The maximum absolute atomic E-state index is 12.4. The molecule has 9 nitrogen and oxygen atoms in total. The fraction of sp³-hybridized carbons (Fsp3) is 0.115. The van der Waals surface area contributed by atoms with Gasteiger partial charge in [-0.2, -0.15) is 0 Å². The SMILES string of the molecule is CCc1cccnc1NC(=O)NSN=Cc1ccc2c(ccc3c2nnn3-c2ccc(OC(F)(F)F)cc2)c1. The number of fused-ring (bicyclic) bond motifs is 3. The second-order valence-corrected chi connectivity index (χ2v) is 8.80. The smallest absolute Gasteiger partial charge is 0.406 e. The number of aromatic nitrogens is 4. The van der Waals surface area contributed by atoms with Gasteiger partial charge in [0.2, 0.25) is 0 Å². The molecule has 0 saturated carbocycles. The second kappa shape index (κ2) is 11.0. The third-order valence-corrected chi connectivity index (χ3v) is 6.16. The lowest BCUT2D eigenvalue weighted by atomic mass is 10.1. The molecule has 0 radical (unpaired) electrons. The molecule has 2 N–H and O–H groups in total. The van der Waals surface area contributed by atoms with E-state index in [2.05, 4.69) is 34.5 Å². The summed E-state index contributed by atoms with van der Waals surface area (Å²) >= 11 is 0.884. The van der Waals surface area contributed by atoms with Crippen molar-refractivity contribution < 1.29 is 22.7 Å². The number of aryl methyl sites for hydroxylation is 1. The Morgan fingerprint density at radius 2 is 1.95 bits per heavy atom. The molecule has 0 unspecified atom stereocenters. The fourth-order valence-electron chi connectivity index (χ4n) is 3.92. The van der Waals surface area contributed by atoms with Gasteiger partial charge in [-0.15, -0.1) is 18.3 Å². The van der Waals surface area contributed by atoms with Crippen LogP contribution in [0.5, 0.6) is 5.75 Å². The van der Waals surface area contributed by atoms with Crippen LogP contribution in [0.15, 0.2) is 77.3 Å². The molecule has 3 aromatic carbocycles. The normalized spacial score (nSPS) is 11.8. The number of nitrogens with zero attached hydrogens (tertiary/aromatic N) is 5. The van der Waals surface area contributed by atoms with Crippen LogP contribution in [-0.2, 0) is 6.42 Å². The standard InChI is InChI=1S/C26H20F3N7O2S/c1-2-17-4-3-13-30-24(17)32-25(37)34-39-31-15-16-5-11-21-18(14-16)6-12-22-23(21)33-35-36(22)19-7-9-20(10-8-19)38-26(27,28)29/h3-15H,2H2,1H3,(H2,30,32,34,37). The molecule has 0 aliphatic heterocycles. The van der Waals surface area contributed by atoms with Gasteiger partial charge >= 0.3 is 12.4 Å². The number of rotatable bonds is 7. The molecule has 2 aromatic heterocycles. The van der Waals surface area contributed by atoms with Gasteiger partial charge in [0, 0.05) is 17.8 Å². The number of carbonyl (C=O) groups is 1. The van der Waals surface area contributed by atoms with E-state index in [-0.39, 0.29) is 5.75 Å². The van der Waals surface area contributed by atoms with Crippen LogP contribution in [-0.4, -0.2) is 38.6 Å². The number of halogens is 3. The maximum atomic E-state index is 12.4. The Kier molecular flexibility index (Phi) is 7.32. The Balaban J connectivity index is 1.26. The second-order valence-electron chi connectivity index (χ2n) is 8.20. The number of urea groups is 1. The van der Waals surface area contributed by atoms with Gasteiger partial charge in [-0.1, -0.05) is 36.4 Å². The summed E-state index contributed by atoms with van der Waals surface area (Å²) in [5, 5.41) is 12.9. The number of hydrogen-bond donors (Lipinski definition) is 2. The highest BCUT2D eigenvalue weighted by Gasteiger charge is 2.31. The molecule has 0 atom stereocenters. The Bertz CT molecular complexity index is 1670. The van der Waals surface area contributed by atoms with Crippen LogP contribution in [0.1, 0.15) is 18.1 Å². The first-order valence-corrected chi connectivity index (χ1v) is 12.4. The monoisotopic (exact) mass is 551 g/mol. The van der Waals surface area contributed by atoms with Crippen molar-refractivity contribution in [3.05, 3.63) is 84.1 Å². The lowest BCUT2D eigenvalue weighted by Crippen LogP contribution is -2.23. The molecule has 0 aliphatic rings. The van der Waals surface area contributed by atoms with Crippen molar-refractivity contribution in [1.29, 1.82) is 0 Å². The van der Waals surface area contributed by atoms with E-state index < -0.39 is 12.4 Å². The van der Waals surface area contributed by atoms with Crippen LogP contribution in [0.2, 0.25) is 0 Å². The van der Waals surface area contributed by atoms with Gasteiger partial charge in [-0.05, 0) is 65.4 Å². The zero-order valence-electron chi connectivity index (χ0n) is 20.3. The number of hydrogen-bond acceptors (Lipinski definition) is 7. The highest BCUT2D eigenvalue weighted by molar-refractivity contribution is 7.96. The average molecular weight is 552 g/mol. The predicted molar refractivity (Wildman–Crippen MR) is 144 cm³/mol. The van der Waals surface area contributed by atoms with Gasteiger partial charge in [0.1, 0.15) is 17.1 Å². The lowest BCUT2D eigenvalue weighted by Gasteiger charge is -2.09. The summed E-state index contributed by atoms with van der Waals surface area (Å²) in [5.74, 6) is 0.190. The van der Waals surface area contributed by atoms with E-state index >= 15 is 0 Å². The fourth-order valence-corrected chi connectivity index (χ4v) is 4.28. The first kappa shape index (κ1) is 26.0. The van der Waals surface area contributed by atoms with E-state index in [1.165, 1.54) is 24.3 Å².